The van der Waals surface area contributed by atoms with Crippen molar-refractivity contribution in [1.29, 1.82) is 0 Å². The second-order valence-electron chi connectivity index (χ2n) is 5.95. The van der Waals surface area contributed by atoms with Crippen molar-refractivity contribution in [2.24, 2.45) is 0 Å². The van der Waals surface area contributed by atoms with E-state index in [0.29, 0.717) is 24.3 Å². The van der Waals surface area contributed by atoms with Crippen LogP contribution in [0.5, 0.6) is 5.75 Å². The Balaban J connectivity index is 1.69. The number of Topliss-reactive ketones (excluding diaryl/α,β-unsaturated/α-hetero) is 1. The Morgan fingerprint density at radius 3 is 2.33 bits per heavy atom. The molecule has 0 fully saturated rings. The van der Waals surface area contributed by atoms with E-state index in [2.05, 4.69) is 5.32 Å². The summed E-state index contributed by atoms with van der Waals surface area (Å²) in [4.78, 5) is 35.0. The lowest BCUT2D eigenvalue weighted by Crippen LogP contribution is -2.29. The van der Waals surface area contributed by atoms with E-state index in [1.54, 1.807) is 31.2 Å². The number of ketones is 1. The summed E-state index contributed by atoms with van der Waals surface area (Å²) in [5.74, 6) is -0.537. The van der Waals surface area contributed by atoms with Crippen LogP contribution < -0.4 is 10.1 Å². The number of hydrogen-bond acceptors (Lipinski definition) is 5. The average molecular weight is 369 g/mol. The van der Waals surface area contributed by atoms with Gasteiger partial charge in [-0.05, 0) is 42.3 Å². The number of benzene rings is 2. The highest BCUT2D eigenvalue weighted by molar-refractivity contribution is 5.95. The summed E-state index contributed by atoms with van der Waals surface area (Å²) in [6.07, 6.45) is 0.429. The smallest absolute Gasteiger partial charge is 0.344 e. The third-order valence-electron chi connectivity index (χ3n) is 3.96. The number of carbonyl (C=O) groups excluding carboxylic acids is 3. The van der Waals surface area contributed by atoms with Gasteiger partial charge >= 0.3 is 5.97 Å². The molecule has 142 valence electrons. The normalized spacial score (nSPS) is 10.1. The summed E-state index contributed by atoms with van der Waals surface area (Å²) >= 11 is 0. The zero-order valence-electron chi connectivity index (χ0n) is 15.5. The van der Waals surface area contributed by atoms with Crippen LogP contribution in [0.15, 0.2) is 48.5 Å². The van der Waals surface area contributed by atoms with Crippen molar-refractivity contribution >= 4 is 17.7 Å². The van der Waals surface area contributed by atoms with Crippen LogP contribution in [-0.4, -0.2) is 30.9 Å². The minimum atomic E-state index is -0.644. The van der Waals surface area contributed by atoms with E-state index < -0.39 is 5.97 Å². The Morgan fingerprint density at radius 1 is 0.963 bits per heavy atom. The van der Waals surface area contributed by atoms with Gasteiger partial charge in [-0.25, -0.2) is 4.79 Å². The van der Waals surface area contributed by atoms with Gasteiger partial charge in [-0.3, -0.25) is 9.59 Å². The fourth-order valence-corrected chi connectivity index (χ4v) is 2.32. The van der Waals surface area contributed by atoms with E-state index in [1.807, 2.05) is 31.2 Å². The summed E-state index contributed by atoms with van der Waals surface area (Å²) in [7, 11) is 0. The highest BCUT2D eigenvalue weighted by Gasteiger charge is 2.09. The first-order valence-corrected chi connectivity index (χ1v) is 8.72. The average Bonchev–Trinajstić information content (AvgIpc) is 2.69. The van der Waals surface area contributed by atoms with Crippen molar-refractivity contribution in [2.75, 3.05) is 13.2 Å². The summed E-state index contributed by atoms with van der Waals surface area (Å²) in [5.41, 5.74) is 2.68. The number of esters is 1. The number of aryl methyl sites for hydroxylation is 1. The van der Waals surface area contributed by atoms with E-state index in [-0.39, 0.29) is 24.9 Å². The molecule has 0 heterocycles. The second-order valence-corrected chi connectivity index (χ2v) is 5.95. The van der Waals surface area contributed by atoms with E-state index >= 15 is 0 Å². The van der Waals surface area contributed by atoms with Crippen LogP contribution in [0, 0.1) is 6.92 Å². The van der Waals surface area contributed by atoms with Gasteiger partial charge in [-0.2, -0.15) is 0 Å². The molecule has 0 spiro atoms. The number of rotatable bonds is 9. The van der Waals surface area contributed by atoms with Crippen molar-refractivity contribution < 1.29 is 23.9 Å². The Bertz CT molecular complexity index is 798. The first-order chi connectivity index (χ1) is 13.0. The van der Waals surface area contributed by atoms with Gasteiger partial charge in [-0.1, -0.05) is 31.2 Å². The highest BCUT2D eigenvalue weighted by atomic mass is 16.6. The van der Waals surface area contributed by atoms with E-state index in [1.165, 1.54) is 0 Å². The summed E-state index contributed by atoms with van der Waals surface area (Å²) in [6, 6.07) is 14.2. The van der Waals surface area contributed by atoms with Gasteiger partial charge in [0, 0.05) is 18.5 Å². The first kappa shape index (κ1) is 20.2. The molecule has 0 atom stereocenters. The molecule has 0 aliphatic rings. The zero-order chi connectivity index (χ0) is 19.6. The molecule has 27 heavy (non-hydrogen) atoms. The van der Waals surface area contributed by atoms with Crippen molar-refractivity contribution in [2.45, 2.75) is 26.8 Å². The standard InChI is InChI=1S/C21H23NO5/c1-3-19(23)16-8-10-18(11-9-16)26-14-21(25)27-13-20(24)22-12-17-7-5-4-6-15(17)2/h4-11H,3,12-14H2,1-2H3,(H,22,24). The molecule has 6 heteroatoms. The fourth-order valence-electron chi connectivity index (χ4n) is 2.32. The van der Waals surface area contributed by atoms with Crippen LogP contribution in [0.4, 0.5) is 0 Å². The zero-order valence-corrected chi connectivity index (χ0v) is 15.5. The SMILES string of the molecule is CCC(=O)c1ccc(OCC(=O)OCC(=O)NCc2ccccc2C)cc1. The summed E-state index contributed by atoms with van der Waals surface area (Å²) in [5, 5.41) is 2.70. The molecule has 0 saturated carbocycles. The van der Waals surface area contributed by atoms with E-state index in [0.717, 1.165) is 11.1 Å². The third-order valence-corrected chi connectivity index (χ3v) is 3.96. The van der Waals surface area contributed by atoms with Crippen molar-refractivity contribution in [3.8, 4) is 5.75 Å². The Kier molecular flexibility index (Phi) is 7.55. The lowest BCUT2D eigenvalue weighted by molar-refractivity contribution is -0.150. The molecule has 1 N–H and O–H groups in total. The molecule has 0 radical (unpaired) electrons. The molecule has 2 aromatic rings. The van der Waals surface area contributed by atoms with Crippen LogP contribution >= 0.6 is 0 Å². The summed E-state index contributed by atoms with van der Waals surface area (Å²) in [6.45, 7) is 3.45. The quantitative estimate of drug-likeness (QED) is 0.543. The predicted octanol–water partition coefficient (Wildman–Crippen LogP) is 2.83. The molecule has 0 aliphatic heterocycles. The topological polar surface area (TPSA) is 81.7 Å². The Morgan fingerprint density at radius 2 is 1.67 bits per heavy atom. The number of amides is 1. The molecular weight excluding hydrogens is 346 g/mol. The number of carbonyl (C=O) groups is 3. The predicted molar refractivity (Wildman–Crippen MR) is 101 cm³/mol. The maximum atomic E-state index is 11.8. The van der Waals surface area contributed by atoms with Crippen molar-refractivity contribution in [1.82, 2.24) is 5.32 Å². The molecule has 1 amide bonds. The van der Waals surface area contributed by atoms with E-state index in [4.69, 9.17) is 9.47 Å². The minimum absolute atomic E-state index is 0.0395. The van der Waals surface area contributed by atoms with Gasteiger partial charge in [-0.15, -0.1) is 0 Å². The Hall–Kier alpha value is -3.15. The Labute approximate surface area is 158 Å². The van der Waals surface area contributed by atoms with Gasteiger partial charge in [0.05, 0.1) is 0 Å². The van der Waals surface area contributed by atoms with Crippen LogP contribution in [0.3, 0.4) is 0 Å². The molecule has 2 rings (SSSR count). The maximum Gasteiger partial charge on any atom is 0.344 e. The van der Waals surface area contributed by atoms with E-state index in [9.17, 15) is 14.4 Å². The number of hydrogen-bond donors (Lipinski definition) is 1. The molecule has 0 bridgehead atoms. The lowest BCUT2D eigenvalue weighted by Gasteiger charge is -2.09. The molecule has 0 aliphatic carbocycles. The van der Waals surface area contributed by atoms with Crippen LogP contribution in [0.25, 0.3) is 0 Å². The number of nitrogens with one attached hydrogen (secondary N) is 1. The van der Waals surface area contributed by atoms with Gasteiger partial charge in [0.1, 0.15) is 5.75 Å². The molecular formula is C21H23NO5. The van der Waals surface area contributed by atoms with Gasteiger partial charge < -0.3 is 14.8 Å². The first-order valence-electron chi connectivity index (χ1n) is 8.72. The molecule has 0 saturated heterocycles. The molecule has 6 nitrogen and oxygen atoms in total. The van der Waals surface area contributed by atoms with Gasteiger partial charge in [0.2, 0.25) is 0 Å². The summed E-state index contributed by atoms with van der Waals surface area (Å²) < 4.78 is 10.2. The van der Waals surface area contributed by atoms with Crippen LogP contribution in [0.1, 0.15) is 34.8 Å². The fraction of sp³-hybridized carbons (Fsp3) is 0.286. The van der Waals surface area contributed by atoms with Gasteiger partial charge in [0.15, 0.2) is 19.0 Å². The van der Waals surface area contributed by atoms with Gasteiger partial charge in [0.25, 0.3) is 5.91 Å². The second kappa shape index (κ2) is 10.1. The van der Waals surface area contributed by atoms with Crippen LogP contribution in [0.2, 0.25) is 0 Å². The molecule has 0 unspecified atom stereocenters. The van der Waals surface area contributed by atoms with Crippen molar-refractivity contribution in [3.05, 3.63) is 65.2 Å². The number of ether oxygens (including phenoxy) is 2. The minimum Gasteiger partial charge on any atom is -0.482 e. The lowest BCUT2D eigenvalue weighted by atomic mass is 10.1. The third kappa shape index (κ3) is 6.58. The molecule has 2 aromatic carbocycles. The highest BCUT2D eigenvalue weighted by Crippen LogP contribution is 2.13. The van der Waals surface area contributed by atoms with Crippen LogP contribution in [-0.2, 0) is 20.9 Å². The monoisotopic (exact) mass is 369 g/mol. The van der Waals surface area contributed by atoms with Crippen molar-refractivity contribution in [3.63, 3.8) is 0 Å². The molecule has 0 aromatic heterocycles. The largest absolute Gasteiger partial charge is 0.482 e. The maximum absolute atomic E-state index is 11.8.